The molecule has 1 heterocycles. The summed E-state index contributed by atoms with van der Waals surface area (Å²) < 4.78 is 9.54. The molecule has 0 fully saturated rings. The van der Waals surface area contributed by atoms with Gasteiger partial charge in [0.25, 0.3) is 0 Å². The van der Waals surface area contributed by atoms with Gasteiger partial charge in [-0.2, -0.15) is 0 Å². The number of carbonyl (C=O) groups excluding carboxylic acids is 1. The minimum absolute atomic E-state index is 0.0122. The van der Waals surface area contributed by atoms with E-state index >= 15 is 0 Å². The number of hydrogen-bond acceptors (Lipinski definition) is 6. The quantitative estimate of drug-likeness (QED) is 0.436. The number of aromatic nitrogens is 1. The number of methoxy groups -OCH3 is 1. The van der Waals surface area contributed by atoms with Crippen molar-refractivity contribution >= 4 is 11.8 Å². The minimum Gasteiger partial charge on any atom is -0.485 e. The number of ether oxygens (including phenoxy) is 2. The second-order valence-corrected chi connectivity index (χ2v) is 3.21. The maximum Gasteiger partial charge on any atom is 0.406 e. The zero-order chi connectivity index (χ0) is 12.8. The Morgan fingerprint density at radius 3 is 2.82 bits per heavy atom. The molecule has 7 heteroatoms. The molecule has 0 unspecified atom stereocenters. The maximum absolute atomic E-state index is 10.8. The predicted molar refractivity (Wildman–Crippen MR) is 57.8 cm³/mol. The summed E-state index contributed by atoms with van der Waals surface area (Å²) in [7, 11) is 1.26. The fraction of sp³-hybridized carbons (Fsp3) is 0.400. The van der Waals surface area contributed by atoms with E-state index in [9.17, 15) is 14.9 Å². The molecule has 0 amide bonds. The molecule has 0 aliphatic carbocycles. The van der Waals surface area contributed by atoms with E-state index in [2.05, 4.69) is 9.72 Å². The summed E-state index contributed by atoms with van der Waals surface area (Å²) in [4.78, 5) is 24.6. The fourth-order valence-corrected chi connectivity index (χ4v) is 1.12. The summed E-state index contributed by atoms with van der Waals surface area (Å²) in [6, 6.07) is 3.05. The van der Waals surface area contributed by atoms with Crippen molar-refractivity contribution in [1.82, 2.24) is 4.98 Å². The van der Waals surface area contributed by atoms with Crippen LogP contribution < -0.4 is 4.74 Å². The highest BCUT2D eigenvalue weighted by Crippen LogP contribution is 2.24. The predicted octanol–water partition coefficient (Wildman–Crippen LogP) is 1.24. The molecule has 0 saturated carbocycles. The first-order chi connectivity index (χ1) is 8.04. The monoisotopic (exact) mass is 240 g/mol. The Hall–Kier alpha value is -2.18. The van der Waals surface area contributed by atoms with Crippen molar-refractivity contribution in [1.29, 1.82) is 0 Å². The highest BCUT2D eigenvalue weighted by Gasteiger charge is 2.17. The van der Waals surface area contributed by atoms with Crippen LogP contribution in [0.1, 0.15) is 12.1 Å². The zero-order valence-electron chi connectivity index (χ0n) is 9.50. The van der Waals surface area contributed by atoms with Gasteiger partial charge in [-0.05, 0) is 22.0 Å². The molecule has 0 radical (unpaired) electrons. The highest BCUT2D eigenvalue weighted by atomic mass is 16.6. The lowest BCUT2D eigenvalue weighted by Gasteiger charge is -2.05. The van der Waals surface area contributed by atoms with Crippen LogP contribution in [0.2, 0.25) is 0 Å². The number of hydrogen-bond donors (Lipinski definition) is 0. The van der Waals surface area contributed by atoms with Crippen molar-refractivity contribution in [3.05, 3.63) is 27.9 Å². The van der Waals surface area contributed by atoms with Gasteiger partial charge in [-0.15, -0.1) is 0 Å². The molecule has 0 atom stereocenters. The molecule has 17 heavy (non-hydrogen) atoms. The van der Waals surface area contributed by atoms with Crippen LogP contribution in [-0.4, -0.2) is 29.6 Å². The summed E-state index contributed by atoms with van der Waals surface area (Å²) in [5.74, 6) is -0.743. The molecule has 0 aromatic carbocycles. The highest BCUT2D eigenvalue weighted by molar-refractivity contribution is 5.69. The van der Waals surface area contributed by atoms with Crippen molar-refractivity contribution in [2.75, 3.05) is 13.7 Å². The third kappa shape index (κ3) is 3.71. The number of nitrogens with zero attached hydrogens (tertiary/aromatic N) is 2. The molecule has 1 rings (SSSR count). The molecule has 0 aliphatic heterocycles. The Morgan fingerprint density at radius 1 is 1.53 bits per heavy atom. The molecule has 92 valence electrons. The smallest absolute Gasteiger partial charge is 0.406 e. The van der Waals surface area contributed by atoms with Crippen molar-refractivity contribution < 1.29 is 19.2 Å². The van der Waals surface area contributed by atoms with E-state index in [0.717, 1.165) is 0 Å². The Morgan fingerprint density at radius 2 is 2.24 bits per heavy atom. The van der Waals surface area contributed by atoms with Gasteiger partial charge in [0.2, 0.25) is 5.75 Å². The number of esters is 1. The third-order valence-electron chi connectivity index (χ3n) is 1.94. The molecule has 1 aromatic rings. The fourth-order valence-electron chi connectivity index (χ4n) is 1.12. The standard InChI is InChI=1S/C10H12N2O5/c1-7-3-4-8(10(11-7)12(14)15)17-6-5-9(13)16-2/h3-4H,5-6H2,1-2H3. The number of nitro groups is 1. The third-order valence-corrected chi connectivity index (χ3v) is 1.94. The van der Waals surface area contributed by atoms with Gasteiger partial charge in [0.05, 0.1) is 20.1 Å². The van der Waals surface area contributed by atoms with E-state index < -0.39 is 10.9 Å². The lowest BCUT2D eigenvalue weighted by molar-refractivity contribution is -0.390. The van der Waals surface area contributed by atoms with Gasteiger partial charge in [-0.1, -0.05) is 0 Å². The summed E-state index contributed by atoms with van der Waals surface area (Å²) in [5.41, 5.74) is 0.525. The minimum atomic E-state index is -0.625. The Kier molecular flexibility index (Phi) is 4.38. The molecule has 0 aliphatic rings. The summed E-state index contributed by atoms with van der Waals surface area (Å²) in [5, 5.41) is 10.7. The number of carbonyl (C=O) groups is 1. The summed E-state index contributed by atoms with van der Waals surface area (Å²) in [6.07, 6.45) is 0.0293. The van der Waals surface area contributed by atoms with E-state index in [0.29, 0.717) is 5.69 Å². The van der Waals surface area contributed by atoms with Crippen LogP contribution in [0, 0.1) is 17.0 Å². The number of pyridine rings is 1. The zero-order valence-corrected chi connectivity index (χ0v) is 9.50. The molecule has 0 N–H and O–H groups in total. The van der Waals surface area contributed by atoms with Gasteiger partial charge in [0.1, 0.15) is 5.69 Å². The molecule has 0 spiro atoms. The van der Waals surface area contributed by atoms with Gasteiger partial charge in [-0.3, -0.25) is 4.79 Å². The average molecular weight is 240 g/mol. The van der Waals surface area contributed by atoms with Crippen LogP contribution in [0.15, 0.2) is 12.1 Å². The largest absolute Gasteiger partial charge is 0.485 e. The van der Waals surface area contributed by atoms with Crippen LogP contribution in [0.3, 0.4) is 0 Å². The van der Waals surface area contributed by atoms with Crippen molar-refractivity contribution in [3.63, 3.8) is 0 Å². The lowest BCUT2D eigenvalue weighted by atomic mass is 10.3. The second kappa shape index (κ2) is 5.78. The van der Waals surface area contributed by atoms with Gasteiger partial charge >= 0.3 is 11.8 Å². The van der Waals surface area contributed by atoms with Gasteiger partial charge in [-0.25, -0.2) is 0 Å². The first-order valence-corrected chi connectivity index (χ1v) is 4.86. The van der Waals surface area contributed by atoms with Crippen LogP contribution in [0.5, 0.6) is 5.75 Å². The topological polar surface area (TPSA) is 91.6 Å². The number of aryl methyl sites for hydroxylation is 1. The first kappa shape index (κ1) is 12.9. The Bertz CT molecular complexity index is 433. The number of rotatable bonds is 5. The molecule has 0 bridgehead atoms. The summed E-state index contributed by atoms with van der Waals surface area (Å²) >= 11 is 0. The van der Waals surface area contributed by atoms with E-state index in [1.165, 1.54) is 13.2 Å². The van der Waals surface area contributed by atoms with Crippen molar-refractivity contribution in [3.8, 4) is 5.75 Å². The van der Waals surface area contributed by atoms with Crippen LogP contribution >= 0.6 is 0 Å². The van der Waals surface area contributed by atoms with Crippen LogP contribution in [-0.2, 0) is 9.53 Å². The normalized spacial score (nSPS) is 9.76. The van der Waals surface area contributed by atoms with Crippen LogP contribution in [0.25, 0.3) is 0 Å². The van der Waals surface area contributed by atoms with E-state index in [4.69, 9.17) is 4.74 Å². The molecule has 1 aromatic heterocycles. The van der Waals surface area contributed by atoms with Crippen LogP contribution in [0.4, 0.5) is 5.82 Å². The Balaban J connectivity index is 2.70. The van der Waals surface area contributed by atoms with E-state index in [-0.39, 0.29) is 24.6 Å². The van der Waals surface area contributed by atoms with E-state index in [1.54, 1.807) is 13.0 Å². The summed E-state index contributed by atoms with van der Waals surface area (Å²) in [6.45, 7) is 1.66. The molecule has 7 nitrogen and oxygen atoms in total. The Labute approximate surface area is 97.5 Å². The second-order valence-electron chi connectivity index (χ2n) is 3.21. The molecular weight excluding hydrogens is 228 g/mol. The lowest BCUT2D eigenvalue weighted by Crippen LogP contribution is -2.09. The molecule has 0 saturated heterocycles. The van der Waals surface area contributed by atoms with Crippen molar-refractivity contribution in [2.24, 2.45) is 0 Å². The maximum atomic E-state index is 10.8. The van der Waals surface area contributed by atoms with Crippen molar-refractivity contribution in [2.45, 2.75) is 13.3 Å². The first-order valence-electron chi connectivity index (χ1n) is 4.86. The van der Waals surface area contributed by atoms with Gasteiger partial charge in [0, 0.05) is 6.92 Å². The van der Waals surface area contributed by atoms with Gasteiger partial charge in [0.15, 0.2) is 0 Å². The average Bonchev–Trinajstić information content (AvgIpc) is 2.30. The SMILES string of the molecule is COC(=O)CCOc1ccc(C)nc1[N+](=O)[O-]. The molecular formula is C10H12N2O5. The van der Waals surface area contributed by atoms with E-state index in [1.807, 2.05) is 0 Å². The van der Waals surface area contributed by atoms with Gasteiger partial charge < -0.3 is 19.6 Å².